The average Bonchev–Trinajstić information content (AvgIpc) is 3.42. The Morgan fingerprint density at radius 1 is 1.05 bits per heavy atom. The first kappa shape index (κ1) is 30.4. The fourth-order valence-electron chi connectivity index (χ4n) is 6.86. The number of aromatic nitrogens is 4. The molecular formula is C33H41N5O5Si. The molecular weight excluding hydrogens is 574 g/mol. The Morgan fingerprint density at radius 3 is 2.30 bits per heavy atom. The lowest BCUT2D eigenvalue weighted by molar-refractivity contribution is -0.329. The van der Waals surface area contributed by atoms with Crippen LogP contribution in [0.2, 0.25) is 5.04 Å². The summed E-state index contributed by atoms with van der Waals surface area (Å²) in [5.74, 6) is -1.01. The predicted molar refractivity (Wildman–Crippen MR) is 171 cm³/mol. The molecule has 3 atom stereocenters. The third-order valence-electron chi connectivity index (χ3n) is 8.76. The quantitative estimate of drug-likeness (QED) is 0.291. The van der Waals surface area contributed by atoms with E-state index < -0.39 is 25.9 Å². The van der Waals surface area contributed by atoms with E-state index >= 15 is 0 Å². The second kappa shape index (κ2) is 12.0. The number of amides is 1. The van der Waals surface area contributed by atoms with Gasteiger partial charge in [0, 0.05) is 19.8 Å². The Morgan fingerprint density at radius 2 is 1.68 bits per heavy atom. The molecule has 6 rings (SSSR count). The molecule has 44 heavy (non-hydrogen) atoms. The second-order valence-corrected chi connectivity index (χ2v) is 17.2. The minimum atomic E-state index is -2.71. The molecule has 2 N–H and O–H groups in total. The maximum Gasteiger partial charge on any atom is 0.280 e. The largest absolute Gasteiger partial charge is 0.405 e. The van der Waals surface area contributed by atoms with Crippen molar-refractivity contribution in [3.8, 4) is 0 Å². The van der Waals surface area contributed by atoms with Crippen molar-refractivity contribution in [1.29, 1.82) is 0 Å². The number of benzene rings is 2. The number of fused-ring (bicyclic) bond motifs is 1. The lowest BCUT2D eigenvalue weighted by Gasteiger charge is -2.47. The number of H-pyrrole nitrogens is 1. The molecule has 2 aliphatic heterocycles. The zero-order valence-electron chi connectivity index (χ0n) is 25.8. The normalized spacial score (nSPS) is 22.7. The van der Waals surface area contributed by atoms with Gasteiger partial charge in [-0.1, -0.05) is 81.4 Å². The van der Waals surface area contributed by atoms with E-state index in [-0.39, 0.29) is 28.5 Å². The van der Waals surface area contributed by atoms with E-state index in [0.717, 1.165) is 38.5 Å². The van der Waals surface area contributed by atoms with Crippen LogP contribution in [0.4, 0.5) is 5.95 Å². The number of hydrogen-bond donors (Lipinski definition) is 2. The number of ether oxygens (including phenoxy) is 2. The van der Waals surface area contributed by atoms with Gasteiger partial charge in [-0.05, 0) is 41.1 Å². The monoisotopic (exact) mass is 615 g/mol. The highest BCUT2D eigenvalue weighted by molar-refractivity contribution is 6.99. The molecule has 0 bridgehead atoms. The number of aromatic amines is 1. The number of hydrogen-bond acceptors (Lipinski definition) is 7. The molecule has 0 saturated carbocycles. The van der Waals surface area contributed by atoms with Gasteiger partial charge in [0.2, 0.25) is 11.9 Å². The molecule has 232 valence electrons. The van der Waals surface area contributed by atoms with Gasteiger partial charge in [-0.3, -0.25) is 24.5 Å². The highest BCUT2D eigenvalue weighted by Gasteiger charge is 2.51. The van der Waals surface area contributed by atoms with E-state index in [2.05, 4.69) is 102 Å². The Bertz CT molecular complexity index is 1630. The fraction of sp³-hybridized carbons (Fsp3) is 0.455. The molecule has 1 amide bonds. The van der Waals surface area contributed by atoms with Gasteiger partial charge in [0.25, 0.3) is 13.9 Å². The van der Waals surface area contributed by atoms with Crippen molar-refractivity contribution >= 4 is 41.7 Å². The SMILES string of the molecule is CC(=O)Nc1nc2c(ncn2[C@@H]2CCC[C@]3(CCC[C@@H](CO[Si](c4ccccc4)(c4ccccc4)C(C)(C)C)O3)O2)c(=O)[nH]1. The van der Waals surface area contributed by atoms with Crippen molar-refractivity contribution in [3.05, 3.63) is 77.3 Å². The van der Waals surface area contributed by atoms with Crippen LogP contribution in [0.15, 0.2) is 71.8 Å². The molecule has 2 aliphatic rings. The van der Waals surface area contributed by atoms with Crippen LogP contribution in [0.3, 0.4) is 0 Å². The molecule has 4 heterocycles. The van der Waals surface area contributed by atoms with Crippen molar-refractivity contribution in [2.24, 2.45) is 0 Å². The number of carbonyl (C=O) groups is 1. The van der Waals surface area contributed by atoms with Gasteiger partial charge < -0.3 is 13.9 Å². The number of rotatable bonds is 7. The number of carbonyl (C=O) groups excluding carboxylic acids is 1. The van der Waals surface area contributed by atoms with Gasteiger partial charge in [0.05, 0.1) is 19.0 Å². The first-order valence-electron chi connectivity index (χ1n) is 15.5. The highest BCUT2D eigenvalue weighted by Crippen LogP contribution is 2.43. The molecule has 4 aromatic rings. The highest BCUT2D eigenvalue weighted by atomic mass is 28.4. The topological polar surface area (TPSA) is 120 Å². The Hall–Kier alpha value is -3.64. The standard InChI is InChI=1S/C33H41N5O5Si/c1-23(39)35-31-36-29-28(30(40)37-31)34-22-38(29)27-18-12-20-33(43-27)19-11-13-24(42-33)21-41-44(32(2,3)4,25-14-7-5-8-15-25)26-16-9-6-10-17-26/h5-10,14-17,22,24,27H,11-13,18-21H2,1-4H3,(H2,35,36,37,39,40)/t24-,27-,33-/m0/s1. The van der Waals surface area contributed by atoms with Crippen LogP contribution in [-0.4, -0.2) is 52.2 Å². The molecule has 2 aromatic heterocycles. The lowest BCUT2D eigenvalue weighted by Crippen LogP contribution is -2.67. The van der Waals surface area contributed by atoms with Gasteiger partial charge in [-0.15, -0.1) is 0 Å². The zero-order valence-corrected chi connectivity index (χ0v) is 26.8. The molecule has 2 saturated heterocycles. The summed E-state index contributed by atoms with van der Waals surface area (Å²) in [6, 6.07) is 21.3. The summed E-state index contributed by atoms with van der Waals surface area (Å²) in [6.45, 7) is 8.67. The molecule has 0 aliphatic carbocycles. The summed E-state index contributed by atoms with van der Waals surface area (Å²) in [4.78, 5) is 35.6. The zero-order chi connectivity index (χ0) is 31.0. The number of anilines is 1. The minimum Gasteiger partial charge on any atom is -0.405 e. The molecule has 2 fully saturated rings. The van der Waals surface area contributed by atoms with Crippen molar-refractivity contribution < 1.29 is 18.7 Å². The molecule has 0 radical (unpaired) electrons. The fourth-order valence-corrected chi connectivity index (χ4v) is 11.4. The van der Waals surface area contributed by atoms with Crippen LogP contribution in [0, 0.1) is 0 Å². The van der Waals surface area contributed by atoms with Gasteiger partial charge in [-0.25, -0.2) is 4.98 Å². The van der Waals surface area contributed by atoms with Crippen LogP contribution < -0.4 is 21.2 Å². The van der Waals surface area contributed by atoms with Gasteiger partial charge >= 0.3 is 0 Å². The summed E-state index contributed by atoms with van der Waals surface area (Å²) in [5.41, 5.74) is 0.142. The Kier molecular flexibility index (Phi) is 8.31. The molecule has 10 nitrogen and oxygen atoms in total. The average molecular weight is 616 g/mol. The summed E-state index contributed by atoms with van der Waals surface area (Å²) in [5, 5.41) is 4.91. The van der Waals surface area contributed by atoms with Crippen LogP contribution >= 0.6 is 0 Å². The summed E-state index contributed by atoms with van der Waals surface area (Å²) >= 11 is 0. The van der Waals surface area contributed by atoms with Crippen molar-refractivity contribution in [2.75, 3.05) is 11.9 Å². The molecule has 1 spiro atoms. The predicted octanol–water partition coefficient (Wildman–Crippen LogP) is 4.62. The van der Waals surface area contributed by atoms with E-state index in [0.29, 0.717) is 12.3 Å². The van der Waals surface area contributed by atoms with Crippen molar-refractivity contribution in [1.82, 2.24) is 19.5 Å². The summed E-state index contributed by atoms with van der Waals surface area (Å²) in [6.07, 6.45) is 6.04. The van der Waals surface area contributed by atoms with E-state index in [1.54, 1.807) is 10.9 Å². The van der Waals surface area contributed by atoms with Gasteiger partial charge in [-0.2, -0.15) is 4.98 Å². The Balaban J connectivity index is 1.25. The van der Waals surface area contributed by atoms with E-state index in [4.69, 9.17) is 13.9 Å². The third-order valence-corrected chi connectivity index (χ3v) is 13.8. The van der Waals surface area contributed by atoms with Crippen LogP contribution in [0.25, 0.3) is 11.2 Å². The third kappa shape index (κ3) is 5.77. The molecule has 0 unspecified atom stereocenters. The van der Waals surface area contributed by atoms with Crippen molar-refractivity contribution in [2.45, 2.75) is 89.4 Å². The smallest absolute Gasteiger partial charge is 0.280 e. The van der Waals surface area contributed by atoms with Crippen molar-refractivity contribution in [3.63, 3.8) is 0 Å². The first-order chi connectivity index (χ1) is 21.1. The lowest BCUT2D eigenvalue weighted by atomic mass is 9.94. The van der Waals surface area contributed by atoms with E-state index in [9.17, 15) is 9.59 Å². The first-order valence-corrected chi connectivity index (χ1v) is 17.4. The number of nitrogens with zero attached hydrogens (tertiary/aromatic N) is 3. The summed E-state index contributed by atoms with van der Waals surface area (Å²) < 4.78 is 22.6. The van der Waals surface area contributed by atoms with Crippen LogP contribution in [-0.2, 0) is 18.7 Å². The molecule has 11 heteroatoms. The van der Waals surface area contributed by atoms with E-state index in [1.807, 2.05) is 0 Å². The van der Waals surface area contributed by atoms with Crippen LogP contribution in [0.1, 0.15) is 72.4 Å². The summed E-state index contributed by atoms with van der Waals surface area (Å²) in [7, 11) is -2.71. The number of nitrogens with one attached hydrogen (secondary N) is 2. The maximum absolute atomic E-state index is 12.6. The van der Waals surface area contributed by atoms with E-state index in [1.165, 1.54) is 17.3 Å². The number of imidazole rings is 1. The minimum absolute atomic E-state index is 0.0803. The maximum atomic E-state index is 12.6. The van der Waals surface area contributed by atoms with Gasteiger partial charge in [0.1, 0.15) is 6.23 Å². The van der Waals surface area contributed by atoms with Gasteiger partial charge in [0.15, 0.2) is 17.0 Å². The van der Waals surface area contributed by atoms with Crippen LogP contribution in [0.5, 0.6) is 0 Å². The second-order valence-electron chi connectivity index (χ2n) is 12.9. The Labute approximate surface area is 258 Å². The molecule has 2 aromatic carbocycles.